The summed E-state index contributed by atoms with van der Waals surface area (Å²) in [5.41, 5.74) is 3.12. The van der Waals surface area contributed by atoms with E-state index in [1.807, 2.05) is 0 Å². The predicted octanol–water partition coefficient (Wildman–Crippen LogP) is 0.105. The summed E-state index contributed by atoms with van der Waals surface area (Å²) in [6, 6.07) is 1.53. The van der Waals surface area contributed by atoms with Gasteiger partial charge in [0.2, 0.25) is 5.91 Å². The van der Waals surface area contributed by atoms with Crippen LogP contribution < -0.4 is 16.4 Å². The van der Waals surface area contributed by atoms with Crippen molar-refractivity contribution in [3.05, 3.63) is 35.4 Å². The van der Waals surface area contributed by atoms with Crippen molar-refractivity contribution in [3.8, 4) is 0 Å². The standard InChI is InChI=1S/C17H22F2N4O4/c1-2-12(22-16(20)26)15(25)23-8-17(27,9-23)6-7-21-14(24)13-10(18)4-3-5-11(13)19/h3-5,12,27H,2,6-9H2,1H3,(H,21,24)(H3,20,22,26). The molecule has 4 amide bonds. The Morgan fingerprint density at radius 1 is 1.30 bits per heavy atom. The van der Waals surface area contributed by atoms with Gasteiger partial charge < -0.3 is 26.4 Å². The molecule has 5 N–H and O–H groups in total. The summed E-state index contributed by atoms with van der Waals surface area (Å²) in [4.78, 5) is 36.4. The van der Waals surface area contributed by atoms with Gasteiger partial charge in [-0.3, -0.25) is 9.59 Å². The topological polar surface area (TPSA) is 125 Å². The lowest BCUT2D eigenvalue weighted by Crippen LogP contribution is -2.67. The van der Waals surface area contributed by atoms with E-state index in [9.17, 15) is 28.3 Å². The predicted molar refractivity (Wildman–Crippen MR) is 91.6 cm³/mol. The van der Waals surface area contributed by atoms with E-state index in [4.69, 9.17) is 5.73 Å². The van der Waals surface area contributed by atoms with Crippen LogP contribution in [0.2, 0.25) is 0 Å². The lowest BCUT2D eigenvalue weighted by molar-refractivity contribution is -0.158. The molecule has 2 rings (SSSR count). The fourth-order valence-electron chi connectivity index (χ4n) is 2.92. The van der Waals surface area contributed by atoms with Crippen LogP contribution in [0.15, 0.2) is 18.2 Å². The van der Waals surface area contributed by atoms with Gasteiger partial charge in [-0.15, -0.1) is 0 Å². The average Bonchev–Trinajstić information content (AvgIpc) is 2.56. The molecule has 10 heteroatoms. The quantitative estimate of drug-likeness (QED) is 0.532. The van der Waals surface area contributed by atoms with Crippen molar-refractivity contribution < 1.29 is 28.3 Å². The Balaban J connectivity index is 1.82. The first kappa shape index (κ1) is 20.6. The van der Waals surface area contributed by atoms with Crippen molar-refractivity contribution in [3.63, 3.8) is 0 Å². The molecule has 1 aliphatic heterocycles. The highest BCUT2D eigenvalue weighted by Gasteiger charge is 2.44. The van der Waals surface area contributed by atoms with E-state index >= 15 is 0 Å². The summed E-state index contributed by atoms with van der Waals surface area (Å²) in [5, 5.41) is 15.0. The molecule has 1 aromatic carbocycles. The largest absolute Gasteiger partial charge is 0.386 e. The number of likely N-dealkylation sites (tertiary alicyclic amines) is 1. The molecule has 0 bridgehead atoms. The van der Waals surface area contributed by atoms with Crippen molar-refractivity contribution in [2.24, 2.45) is 5.73 Å². The number of rotatable bonds is 7. The highest BCUT2D eigenvalue weighted by molar-refractivity contribution is 5.94. The number of halogens is 2. The normalized spacial score (nSPS) is 16.2. The number of urea groups is 1. The van der Waals surface area contributed by atoms with E-state index in [0.29, 0.717) is 6.42 Å². The van der Waals surface area contributed by atoms with Gasteiger partial charge in [-0.1, -0.05) is 13.0 Å². The zero-order valence-corrected chi connectivity index (χ0v) is 14.8. The van der Waals surface area contributed by atoms with Gasteiger partial charge in [0, 0.05) is 6.54 Å². The van der Waals surface area contributed by atoms with Gasteiger partial charge >= 0.3 is 6.03 Å². The highest BCUT2D eigenvalue weighted by atomic mass is 19.1. The van der Waals surface area contributed by atoms with Gasteiger partial charge in [-0.25, -0.2) is 13.6 Å². The number of carbonyl (C=O) groups is 3. The second kappa shape index (κ2) is 8.30. The molecule has 1 aliphatic rings. The maximum Gasteiger partial charge on any atom is 0.312 e. The summed E-state index contributed by atoms with van der Waals surface area (Å²) in [6.45, 7) is 1.73. The zero-order valence-electron chi connectivity index (χ0n) is 14.8. The van der Waals surface area contributed by atoms with Crippen molar-refractivity contribution >= 4 is 17.8 Å². The van der Waals surface area contributed by atoms with Crippen LogP contribution in [0.1, 0.15) is 30.1 Å². The second-order valence-corrected chi connectivity index (χ2v) is 6.49. The van der Waals surface area contributed by atoms with Crippen LogP contribution in [0.25, 0.3) is 0 Å². The molecule has 8 nitrogen and oxygen atoms in total. The summed E-state index contributed by atoms with van der Waals surface area (Å²) in [6.07, 6.45) is 0.444. The number of aliphatic hydroxyl groups is 1. The number of benzene rings is 1. The van der Waals surface area contributed by atoms with E-state index < -0.39 is 40.8 Å². The first-order chi connectivity index (χ1) is 12.7. The SMILES string of the molecule is CCC(NC(N)=O)C(=O)N1CC(O)(CCNC(=O)c2c(F)cccc2F)C1. The van der Waals surface area contributed by atoms with Crippen LogP contribution in [0.4, 0.5) is 13.6 Å². The average molecular weight is 384 g/mol. The molecule has 1 saturated heterocycles. The van der Waals surface area contributed by atoms with Gasteiger partial charge in [0.1, 0.15) is 28.8 Å². The summed E-state index contributed by atoms with van der Waals surface area (Å²) in [5.74, 6) is -3.23. The third-order valence-corrected chi connectivity index (χ3v) is 4.37. The van der Waals surface area contributed by atoms with E-state index in [1.165, 1.54) is 4.90 Å². The fraction of sp³-hybridized carbons (Fsp3) is 0.471. The van der Waals surface area contributed by atoms with Gasteiger partial charge in [0.25, 0.3) is 5.91 Å². The van der Waals surface area contributed by atoms with Crippen LogP contribution in [0.5, 0.6) is 0 Å². The van der Waals surface area contributed by atoms with Crippen LogP contribution in [-0.2, 0) is 4.79 Å². The summed E-state index contributed by atoms with van der Waals surface area (Å²) >= 11 is 0. The number of primary amides is 1. The van der Waals surface area contributed by atoms with Crippen LogP contribution in [0.3, 0.4) is 0 Å². The number of nitrogens with one attached hydrogen (secondary N) is 2. The number of nitrogens with two attached hydrogens (primary N) is 1. The van der Waals surface area contributed by atoms with E-state index in [2.05, 4.69) is 10.6 Å². The second-order valence-electron chi connectivity index (χ2n) is 6.49. The Labute approximate surface area is 154 Å². The number of carbonyl (C=O) groups excluding carboxylic acids is 3. The Hall–Kier alpha value is -2.75. The minimum Gasteiger partial charge on any atom is -0.386 e. The maximum atomic E-state index is 13.5. The molecule has 0 saturated carbocycles. The first-order valence-electron chi connectivity index (χ1n) is 8.46. The fourth-order valence-corrected chi connectivity index (χ4v) is 2.92. The molecule has 1 atom stereocenters. The maximum absolute atomic E-state index is 13.5. The van der Waals surface area contributed by atoms with E-state index in [0.717, 1.165) is 18.2 Å². The van der Waals surface area contributed by atoms with Gasteiger partial charge in [0.05, 0.1) is 13.1 Å². The van der Waals surface area contributed by atoms with Gasteiger partial charge in [-0.05, 0) is 25.0 Å². The Morgan fingerprint density at radius 2 is 1.89 bits per heavy atom. The third-order valence-electron chi connectivity index (χ3n) is 4.37. The van der Waals surface area contributed by atoms with Crippen LogP contribution in [-0.4, -0.2) is 59.1 Å². The molecular formula is C17H22F2N4O4. The minimum atomic E-state index is -1.22. The number of β-amino-alcohol motifs (C(OH)–C–C–N with tert-alkyl or cyclic N) is 1. The number of hydrogen-bond donors (Lipinski definition) is 4. The Kier molecular flexibility index (Phi) is 6.32. The van der Waals surface area contributed by atoms with Crippen LogP contribution in [0, 0.1) is 11.6 Å². The molecule has 1 unspecified atom stereocenters. The van der Waals surface area contributed by atoms with Crippen molar-refractivity contribution in [1.29, 1.82) is 0 Å². The summed E-state index contributed by atoms with van der Waals surface area (Å²) < 4.78 is 27.1. The first-order valence-corrected chi connectivity index (χ1v) is 8.46. The Bertz CT molecular complexity index is 717. The lowest BCUT2D eigenvalue weighted by Gasteiger charge is -2.47. The van der Waals surface area contributed by atoms with Crippen molar-refractivity contribution in [2.45, 2.75) is 31.4 Å². The van der Waals surface area contributed by atoms with E-state index in [1.54, 1.807) is 6.92 Å². The van der Waals surface area contributed by atoms with Gasteiger partial charge in [0.15, 0.2) is 0 Å². The number of hydrogen-bond acceptors (Lipinski definition) is 4. The lowest BCUT2D eigenvalue weighted by atomic mass is 9.89. The van der Waals surface area contributed by atoms with Crippen molar-refractivity contribution in [2.75, 3.05) is 19.6 Å². The Morgan fingerprint density at radius 3 is 2.41 bits per heavy atom. The van der Waals surface area contributed by atoms with E-state index in [-0.39, 0.29) is 32.0 Å². The molecular weight excluding hydrogens is 362 g/mol. The summed E-state index contributed by atoms with van der Waals surface area (Å²) in [7, 11) is 0. The molecule has 0 spiro atoms. The third kappa shape index (κ3) is 4.91. The number of amides is 4. The van der Waals surface area contributed by atoms with Crippen molar-refractivity contribution in [1.82, 2.24) is 15.5 Å². The molecule has 1 fully saturated rings. The molecule has 0 aliphatic carbocycles. The number of nitrogens with zero attached hydrogens (tertiary/aromatic N) is 1. The van der Waals surface area contributed by atoms with Crippen LogP contribution >= 0.6 is 0 Å². The molecule has 0 radical (unpaired) electrons. The smallest absolute Gasteiger partial charge is 0.312 e. The van der Waals surface area contributed by atoms with Gasteiger partial charge in [-0.2, -0.15) is 0 Å². The molecule has 1 aromatic rings. The highest BCUT2D eigenvalue weighted by Crippen LogP contribution is 2.25. The monoisotopic (exact) mass is 384 g/mol. The molecule has 148 valence electrons. The minimum absolute atomic E-state index is 0.0205. The molecule has 27 heavy (non-hydrogen) atoms. The molecule has 1 heterocycles. The zero-order chi connectivity index (χ0) is 20.2. The molecule has 0 aromatic heterocycles.